The fourth-order valence-electron chi connectivity index (χ4n) is 1.88. The zero-order chi connectivity index (χ0) is 12.6. The second-order valence-electron chi connectivity index (χ2n) is 3.88. The Morgan fingerprint density at radius 3 is 2.65 bits per heavy atom. The molecule has 90 valence electrons. The highest BCUT2D eigenvalue weighted by atomic mass is 35.5. The van der Waals surface area contributed by atoms with E-state index >= 15 is 0 Å². The van der Waals surface area contributed by atoms with Gasteiger partial charge in [-0.05, 0) is 19.1 Å². The highest BCUT2D eigenvalue weighted by Gasteiger charge is 2.25. The van der Waals surface area contributed by atoms with Crippen molar-refractivity contribution in [1.29, 1.82) is 0 Å². The number of amides is 1. The van der Waals surface area contributed by atoms with Crippen molar-refractivity contribution in [3.05, 3.63) is 22.7 Å². The smallest absolute Gasteiger partial charge is 0.224 e. The van der Waals surface area contributed by atoms with Crippen molar-refractivity contribution >= 4 is 29.0 Å². The number of ketones is 1. The molecule has 5 heteroatoms. The lowest BCUT2D eigenvalue weighted by Crippen LogP contribution is -2.36. The molecule has 17 heavy (non-hydrogen) atoms. The van der Waals surface area contributed by atoms with Crippen LogP contribution in [0.1, 0.15) is 24.2 Å². The minimum atomic E-state index is -0.130. The third-order valence-electron chi connectivity index (χ3n) is 2.65. The number of benzene rings is 1. The lowest BCUT2D eigenvalue weighted by atomic mass is 10.1. The van der Waals surface area contributed by atoms with Crippen LogP contribution in [0.4, 0.5) is 5.69 Å². The van der Waals surface area contributed by atoms with E-state index in [2.05, 4.69) is 0 Å². The van der Waals surface area contributed by atoms with Gasteiger partial charge in [-0.3, -0.25) is 9.59 Å². The van der Waals surface area contributed by atoms with Crippen LogP contribution in [0.5, 0.6) is 5.75 Å². The Kier molecular flexibility index (Phi) is 3.07. The summed E-state index contributed by atoms with van der Waals surface area (Å²) in [5, 5.41) is 0.422. The first kappa shape index (κ1) is 11.9. The van der Waals surface area contributed by atoms with Crippen LogP contribution in [-0.2, 0) is 4.79 Å². The van der Waals surface area contributed by atoms with Crippen molar-refractivity contribution in [2.24, 2.45) is 0 Å². The summed E-state index contributed by atoms with van der Waals surface area (Å²) >= 11 is 5.95. The van der Waals surface area contributed by atoms with E-state index in [0.717, 1.165) is 0 Å². The third-order valence-corrected chi connectivity index (χ3v) is 2.86. The third kappa shape index (κ3) is 2.13. The van der Waals surface area contributed by atoms with E-state index in [1.54, 1.807) is 17.0 Å². The molecule has 1 aliphatic rings. The Hall–Kier alpha value is -1.55. The molecule has 1 aromatic rings. The van der Waals surface area contributed by atoms with Crippen LogP contribution < -0.4 is 9.64 Å². The van der Waals surface area contributed by atoms with Crippen molar-refractivity contribution in [2.75, 3.05) is 18.1 Å². The van der Waals surface area contributed by atoms with Gasteiger partial charge < -0.3 is 9.64 Å². The predicted octanol–water partition coefficient (Wildman–Crippen LogP) is 2.29. The summed E-state index contributed by atoms with van der Waals surface area (Å²) in [6.45, 7) is 3.78. The van der Waals surface area contributed by atoms with Crippen molar-refractivity contribution in [3.8, 4) is 5.75 Å². The molecule has 1 heterocycles. The normalized spacial score (nSPS) is 13.9. The molecule has 2 rings (SSSR count). The van der Waals surface area contributed by atoms with E-state index in [1.807, 2.05) is 0 Å². The molecule has 1 amide bonds. The molecule has 1 aromatic carbocycles. The van der Waals surface area contributed by atoms with Crippen molar-refractivity contribution in [1.82, 2.24) is 0 Å². The molecular weight excluding hydrogens is 242 g/mol. The Labute approximate surface area is 104 Å². The Morgan fingerprint density at radius 2 is 2.06 bits per heavy atom. The molecule has 0 saturated heterocycles. The van der Waals surface area contributed by atoms with Gasteiger partial charge in [-0.15, -0.1) is 0 Å². The Morgan fingerprint density at radius 1 is 1.35 bits per heavy atom. The van der Waals surface area contributed by atoms with Crippen LogP contribution in [0.3, 0.4) is 0 Å². The Bertz CT molecular complexity index is 499. The number of rotatable bonds is 1. The van der Waals surface area contributed by atoms with Crippen LogP contribution in [0.2, 0.25) is 5.02 Å². The molecule has 1 aliphatic heterocycles. The molecule has 0 unspecified atom stereocenters. The van der Waals surface area contributed by atoms with Crippen LogP contribution in [0, 0.1) is 0 Å². The molecule has 4 nitrogen and oxygen atoms in total. The molecule has 0 N–H and O–H groups in total. The average molecular weight is 254 g/mol. The van der Waals surface area contributed by atoms with Crippen LogP contribution >= 0.6 is 11.6 Å². The minimum absolute atomic E-state index is 0.0914. The minimum Gasteiger partial charge on any atom is -0.489 e. The van der Waals surface area contributed by atoms with Gasteiger partial charge in [0.1, 0.15) is 6.61 Å². The van der Waals surface area contributed by atoms with Crippen LogP contribution in [0.15, 0.2) is 12.1 Å². The van der Waals surface area contributed by atoms with E-state index in [9.17, 15) is 9.59 Å². The van der Waals surface area contributed by atoms with Gasteiger partial charge in [0.2, 0.25) is 5.91 Å². The molecule has 0 atom stereocenters. The lowest BCUT2D eigenvalue weighted by molar-refractivity contribution is -0.116. The maximum atomic E-state index is 11.5. The highest BCUT2D eigenvalue weighted by molar-refractivity contribution is 6.31. The maximum Gasteiger partial charge on any atom is 0.224 e. The van der Waals surface area contributed by atoms with Gasteiger partial charge in [0.15, 0.2) is 11.5 Å². The van der Waals surface area contributed by atoms with Crippen LogP contribution in [0.25, 0.3) is 0 Å². The van der Waals surface area contributed by atoms with Gasteiger partial charge in [-0.2, -0.15) is 0 Å². The average Bonchev–Trinajstić information content (AvgIpc) is 2.26. The van der Waals surface area contributed by atoms with Crippen molar-refractivity contribution < 1.29 is 14.3 Å². The Balaban J connectivity index is 2.62. The molecule has 0 radical (unpaired) electrons. The number of ether oxygens (including phenoxy) is 1. The zero-order valence-corrected chi connectivity index (χ0v) is 10.4. The summed E-state index contributed by atoms with van der Waals surface area (Å²) in [6.07, 6.45) is 0. The number of fused-ring (bicyclic) bond motifs is 1. The van der Waals surface area contributed by atoms with Crippen molar-refractivity contribution in [3.63, 3.8) is 0 Å². The summed E-state index contributed by atoms with van der Waals surface area (Å²) in [4.78, 5) is 24.6. The number of anilines is 1. The van der Waals surface area contributed by atoms with Gasteiger partial charge in [-0.1, -0.05) is 11.6 Å². The van der Waals surface area contributed by atoms with Gasteiger partial charge in [0, 0.05) is 11.9 Å². The maximum absolute atomic E-state index is 11.5. The number of hydrogen-bond donors (Lipinski definition) is 0. The topological polar surface area (TPSA) is 46.6 Å². The number of Topliss-reactive ketones (excluding diaryl/α,β-unsaturated/α-hetero) is 1. The molecule has 0 bridgehead atoms. The monoisotopic (exact) mass is 253 g/mol. The number of nitrogens with zero attached hydrogens (tertiary/aromatic N) is 1. The number of halogens is 1. The van der Waals surface area contributed by atoms with Crippen LogP contribution in [-0.4, -0.2) is 24.8 Å². The second kappa shape index (κ2) is 4.37. The summed E-state index contributed by atoms with van der Waals surface area (Å²) in [7, 11) is 0. The first-order valence-electron chi connectivity index (χ1n) is 5.26. The zero-order valence-electron chi connectivity index (χ0n) is 9.62. The molecule has 0 aliphatic carbocycles. The standard InChI is InChI=1S/C12H12ClNO3/c1-7(15)10-5-9(13)6-11-12(10)17-4-3-14(11)8(2)16/h5-6H,3-4H2,1-2H3. The fourth-order valence-corrected chi connectivity index (χ4v) is 2.09. The SMILES string of the molecule is CC(=O)c1cc(Cl)cc2c1OCCN2C(C)=O. The van der Waals surface area contributed by atoms with Gasteiger partial charge in [-0.25, -0.2) is 0 Å². The second-order valence-corrected chi connectivity index (χ2v) is 4.31. The van der Waals surface area contributed by atoms with Gasteiger partial charge in [0.25, 0.3) is 0 Å². The summed E-state index contributed by atoms with van der Waals surface area (Å²) < 4.78 is 5.48. The van der Waals surface area contributed by atoms with E-state index < -0.39 is 0 Å². The lowest BCUT2D eigenvalue weighted by Gasteiger charge is -2.29. The quantitative estimate of drug-likeness (QED) is 0.722. The molecule has 0 aromatic heterocycles. The van der Waals surface area contributed by atoms with Gasteiger partial charge >= 0.3 is 0 Å². The van der Waals surface area contributed by atoms with E-state index in [1.165, 1.54) is 13.8 Å². The molecule has 0 fully saturated rings. The summed E-state index contributed by atoms with van der Waals surface area (Å²) in [5.41, 5.74) is 0.986. The number of hydrogen-bond acceptors (Lipinski definition) is 3. The van der Waals surface area contributed by atoms with E-state index in [4.69, 9.17) is 16.3 Å². The first-order valence-corrected chi connectivity index (χ1v) is 5.64. The predicted molar refractivity (Wildman–Crippen MR) is 65.0 cm³/mol. The molecule has 0 spiro atoms. The number of carbonyl (C=O) groups excluding carboxylic acids is 2. The van der Waals surface area contributed by atoms with Crippen molar-refractivity contribution in [2.45, 2.75) is 13.8 Å². The highest BCUT2D eigenvalue weighted by Crippen LogP contribution is 2.38. The number of carbonyl (C=O) groups is 2. The molecule has 0 saturated carbocycles. The fraction of sp³-hybridized carbons (Fsp3) is 0.333. The van der Waals surface area contributed by atoms with E-state index in [-0.39, 0.29) is 11.7 Å². The molecular formula is C12H12ClNO3. The largest absolute Gasteiger partial charge is 0.489 e. The summed E-state index contributed by atoms with van der Waals surface area (Å²) in [6, 6.07) is 3.20. The van der Waals surface area contributed by atoms with Gasteiger partial charge in [0.05, 0.1) is 17.8 Å². The first-order chi connectivity index (χ1) is 8.00. The summed E-state index contributed by atoms with van der Waals surface area (Å²) in [5.74, 6) is 0.226. The van der Waals surface area contributed by atoms with E-state index in [0.29, 0.717) is 35.2 Å².